The maximum Gasteiger partial charge on any atom is 0.212 e. The van der Waals surface area contributed by atoms with E-state index in [0.29, 0.717) is 11.1 Å². The van der Waals surface area contributed by atoms with Crippen molar-refractivity contribution in [2.45, 2.75) is 143 Å². The molecule has 0 fully saturated rings. The minimum atomic E-state index is -2.10. The molecule has 0 N–H and O–H groups in total. The van der Waals surface area contributed by atoms with Crippen molar-refractivity contribution in [2.75, 3.05) is 0 Å². The summed E-state index contributed by atoms with van der Waals surface area (Å²) in [5, 5.41) is 0. The van der Waals surface area contributed by atoms with Gasteiger partial charge in [-0.3, -0.25) is 0 Å². The fraction of sp³-hybridized carbons (Fsp3) is 0.321. The zero-order valence-electron chi connectivity index (χ0n) is 64.4. The number of benzene rings is 5. The number of hydrogen-bond acceptors (Lipinski definition) is 0. The standard InChI is InChI=1S/C17H22N.4C16H20N/c1-6-15-11-18(5)17(10-13(15)3)16-8-7-12(2)9-14(16)4;2*1-5-14-7-9-16(17(4)11-14)15-8-6-12(2)10-13(15)3;2*1-5-14-11-17(4)16(10-13(14)3)15-9-7-6-8-12(15)2/h7-11H,6H2,1-5H3;4*6-11H,5H2,1-4H3/q5*+1/i6D2;2D3,5D2;;5D2;. The normalized spacial score (nSPS) is 12.8. The molecule has 0 saturated heterocycles. The maximum absolute atomic E-state index is 7.91. The van der Waals surface area contributed by atoms with E-state index in [4.69, 9.17) is 12.3 Å². The van der Waals surface area contributed by atoms with Crippen molar-refractivity contribution >= 4 is 0 Å². The number of hydrogen-bond donors (Lipinski definition) is 0. The first-order valence-corrected chi connectivity index (χ1v) is 30.1. The van der Waals surface area contributed by atoms with Crippen LogP contribution in [-0.2, 0) is 67.2 Å². The second kappa shape index (κ2) is 31.3. The molecule has 0 unspecified atom stereocenters. The molecular formula is C81H102N5+5. The Bertz CT molecular complexity index is 4280. The molecule has 0 amide bonds. The molecule has 446 valence electrons. The van der Waals surface area contributed by atoms with Gasteiger partial charge in [-0.1, -0.05) is 124 Å². The summed E-state index contributed by atoms with van der Waals surface area (Å²) in [6.45, 7) is 27.8. The third-order valence-electron chi connectivity index (χ3n) is 16.2. The molecule has 0 spiro atoms. The second-order valence-electron chi connectivity index (χ2n) is 22.9. The van der Waals surface area contributed by atoms with Crippen molar-refractivity contribution in [3.05, 3.63) is 266 Å². The van der Waals surface area contributed by atoms with Crippen LogP contribution in [0.25, 0.3) is 56.3 Å². The van der Waals surface area contributed by atoms with Gasteiger partial charge < -0.3 is 0 Å². The first-order chi connectivity index (χ1) is 44.2. The average molecular weight is 1150 g/mol. The van der Waals surface area contributed by atoms with Crippen LogP contribution in [0.2, 0.25) is 0 Å². The number of aryl methyl sites for hydroxylation is 21. The van der Waals surface area contributed by atoms with Gasteiger partial charge in [0, 0.05) is 98.3 Å². The number of aromatic nitrogens is 5. The van der Waals surface area contributed by atoms with E-state index < -0.39 is 26.0 Å². The summed E-state index contributed by atoms with van der Waals surface area (Å²) in [6.07, 6.45) is 8.19. The van der Waals surface area contributed by atoms with Gasteiger partial charge in [0.25, 0.3) is 0 Å². The molecule has 0 aliphatic heterocycles. The van der Waals surface area contributed by atoms with Gasteiger partial charge in [0.1, 0.15) is 35.2 Å². The highest BCUT2D eigenvalue weighted by atomic mass is 14.9. The third kappa shape index (κ3) is 17.3. The van der Waals surface area contributed by atoms with Crippen molar-refractivity contribution in [1.29, 1.82) is 0 Å². The van der Waals surface area contributed by atoms with Crippen molar-refractivity contribution in [2.24, 2.45) is 35.2 Å². The van der Waals surface area contributed by atoms with Gasteiger partial charge in [-0.2, -0.15) is 0 Å². The van der Waals surface area contributed by atoms with Crippen LogP contribution < -0.4 is 22.8 Å². The van der Waals surface area contributed by atoms with E-state index in [1.807, 2.05) is 92.3 Å². The summed E-state index contributed by atoms with van der Waals surface area (Å²) < 4.78 is 79.9. The number of rotatable bonds is 10. The van der Waals surface area contributed by atoms with E-state index in [2.05, 4.69) is 201 Å². The summed E-state index contributed by atoms with van der Waals surface area (Å²) in [5.41, 5.74) is 28.9. The Kier molecular flexibility index (Phi) is 19.8. The van der Waals surface area contributed by atoms with Crippen LogP contribution in [-0.4, -0.2) is 0 Å². The van der Waals surface area contributed by atoms with Gasteiger partial charge >= 0.3 is 0 Å². The van der Waals surface area contributed by atoms with Crippen molar-refractivity contribution in [3.8, 4) is 56.3 Å². The van der Waals surface area contributed by atoms with Gasteiger partial charge in [-0.25, -0.2) is 22.8 Å². The third-order valence-corrected chi connectivity index (χ3v) is 16.2. The largest absolute Gasteiger partial charge is 0.212 e. The molecule has 5 heterocycles. The summed E-state index contributed by atoms with van der Waals surface area (Å²) >= 11 is 0. The summed E-state index contributed by atoms with van der Waals surface area (Å²) in [6, 6.07) is 49.5. The highest BCUT2D eigenvalue weighted by Crippen LogP contribution is 2.27. The predicted molar refractivity (Wildman–Crippen MR) is 364 cm³/mol. The van der Waals surface area contributed by atoms with Crippen molar-refractivity contribution in [1.82, 2.24) is 0 Å². The lowest BCUT2D eigenvalue weighted by Crippen LogP contribution is -2.32. The summed E-state index contributed by atoms with van der Waals surface area (Å²) in [4.78, 5) is 0. The molecule has 0 atom stereocenters. The molecule has 0 saturated carbocycles. The van der Waals surface area contributed by atoms with Crippen LogP contribution in [0.3, 0.4) is 0 Å². The fourth-order valence-corrected chi connectivity index (χ4v) is 11.1. The van der Waals surface area contributed by atoms with Gasteiger partial charge in [-0.05, 0) is 195 Å². The van der Waals surface area contributed by atoms with Gasteiger partial charge in [0.2, 0.25) is 28.5 Å². The van der Waals surface area contributed by atoms with Crippen LogP contribution in [0.1, 0.15) is 136 Å². The molecule has 5 heteroatoms. The average Bonchev–Trinajstić information content (AvgIpc) is 0.836. The summed E-state index contributed by atoms with van der Waals surface area (Å²) in [7, 11) is 10.1. The lowest BCUT2D eigenvalue weighted by Gasteiger charge is -2.08. The van der Waals surface area contributed by atoms with Crippen LogP contribution >= 0.6 is 0 Å². The molecule has 10 rings (SSSR count). The maximum atomic E-state index is 7.91. The molecule has 5 aromatic heterocycles. The van der Waals surface area contributed by atoms with E-state index in [1.54, 1.807) is 38.2 Å². The fourth-order valence-electron chi connectivity index (χ4n) is 11.1. The van der Waals surface area contributed by atoms with Crippen molar-refractivity contribution in [3.63, 3.8) is 0 Å². The Hall–Kier alpha value is -8.15. The Morgan fingerprint density at radius 2 is 0.628 bits per heavy atom. The molecule has 86 heavy (non-hydrogen) atoms. The number of nitrogens with zero attached hydrogens (tertiary/aromatic N) is 5. The van der Waals surface area contributed by atoms with Gasteiger partial charge in [0.05, 0.1) is 0 Å². The van der Waals surface area contributed by atoms with Crippen LogP contribution in [0.15, 0.2) is 177 Å². The molecule has 0 aliphatic carbocycles. The topological polar surface area (TPSA) is 19.4 Å². The molecule has 0 bridgehead atoms. The number of pyridine rings is 5. The SMILES string of the molecule is CCc1c[n+](C)c(-c2ccccc2C)cc1C.CCc1ccc(-c2ccc(C)cc2C)[n+](C)c1.[2H]C([2H])(C)c1c[n+](C)c(-c2ccc(C)cc2C)cc1C.[2H]C([2H])(C)c1c[n+](C)c(-c2ccccc2C)cc1C.[2H]C([2H])([2H])c1ccc(-c2ccc(C([2H])([2H])C)c[n+]2C)c(C)c1. The molecule has 10 aromatic rings. The van der Waals surface area contributed by atoms with Crippen LogP contribution in [0.5, 0.6) is 0 Å². The zero-order chi connectivity index (χ0) is 70.8. The van der Waals surface area contributed by atoms with E-state index in [-0.39, 0.29) is 0 Å². The first-order valence-electron chi connectivity index (χ1n) is 34.6. The predicted octanol–water partition coefficient (Wildman–Crippen LogP) is 17.1. The van der Waals surface area contributed by atoms with Gasteiger partial charge in [0.15, 0.2) is 31.0 Å². The Morgan fingerprint density at radius 3 is 0.988 bits per heavy atom. The minimum Gasteiger partial charge on any atom is -0.201 e. The molecule has 0 aliphatic rings. The molecular weight excluding hydrogens is 1040 g/mol. The van der Waals surface area contributed by atoms with E-state index in [9.17, 15) is 0 Å². The Balaban J connectivity index is 0.000000189. The Labute approximate surface area is 532 Å². The van der Waals surface area contributed by atoms with Gasteiger partial charge in [-0.15, -0.1) is 0 Å². The lowest BCUT2D eigenvalue weighted by atomic mass is 9.99. The van der Waals surface area contributed by atoms with E-state index in [1.165, 1.54) is 90.6 Å². The monoisotopic (exact) mass is 1150 g/mol. The molecule has 5 nitrogen and oxygen atoms in total. The Morgan fingerprint density at radius 1 is 0.291 bits per heavy atom. The van der Waals surface area contributed by atoms with E-state index >= 15 is 0 Å². The highest BCUT2D eigenvalue weighted by molar-refractivity contribution is 5.65. The first kappa shape index (κ1) is 54.5. The molecule has 0 radical (unpaired) electrons. The highest BCUT2D eigenvalue weighted by Gasteiger charge is 2.19. The quantitative estimate of drug-likeness (QED) is 0.122. The molecule has 5 aromatic carbocycles. The van der Waals surface area contributed by atoms with Crippen LogP contribution in [0.4, 0.5) is 0 Å². The second-order valence-corrected chi connectivity index (χ2v) is 22.9. The lowest BCUT2D eigenvalue weighted by molar-refractivity contribution is -0.661. The smallest absolute Gasteiger partial charge is 0.201 e. The van der Waals surface area contributed by atoms with E-state index in [0.717, 1.165) is 63.3 Å². The zero-order valence-corrected chi connectivity index (χ0v) is 55.4. The van der Waals surface area contributed by atoms with Crippen LogP contribution in [0, 0.1) is 76.1 Å². The van der Waals surface area contributed by atoms with Crippen molar-refractivity contribution < 1.29 is 35.2 Å². The minimum absolute atomic E-state index is 0.331. The summed E-state index contributed by atoms with van der Waals surface area (Å²) in [5.74, 6) is 0.